The first kappa shape index (κ1) is 15.0. The van der Waals surface area contributed by atoms with E-state index in [1.54, 1.807) is 0 Å². The van der Waals surface area contributed by atoms with Gasteiger partial charge in [-0.25, -0.2) is 0 Å². The highest BCUT2D eigenvalue weighted by molar-refractivity contribution is 7.89. The van der Waals surface area contributed by atoms with Crippen LogP contribution in [0.15, 0.2) is 17.4 Å². The molecule has 0 aliphatic carbocycles. The second-order valence-corrected chi connectivity index (χ2v) is 6.72. The Kier molecular flexibility index (Phi) is 3.29. The van der Waals surface area contributed by atoms with Crippen LogP contribution in [0.4, 0.5) is 13.2 Å². The summed E-state index contributed by atoms with van der Waals surface area (Å²) in [5, 5.41) is 10.1. The predicted molar refractivity (Wildman–Crippen MR) is 68.4 cm³/mol. The van der Waals surface area contributed by atoms with Gasteiger partial charge in [-0.2, -0.15) is 35.9 Å². The molecule has 22 heavy (non-hydrogen) atoms. The lowest BCUT2D eigenvalue weighted by Gasteiger charge is -2.05. The van der Waals surface area contributed by atoms with E-state index < -0.39 is 27.8 Å². The number of aromatic nitrogens is 4. The fourth-order valence-electron chi connectivity index (χ4n) is 2.27. The summed E-state index contributed by atoms with van der Waals surface area (Å²) in [5.74, 6) is 0. The summed E-state index contributed by atoms with van der Waals surface area (Å²) in [6, 6.07) is 0. The van der Waals surface area contributed by atoms with Crippen LogP contribution in [0, 0.1) is 6.92 Å². The number of fused-ring (bicyclic) bond motifs is 1. The van der Waals surface area contributed by atoms with E-state index in [4.69, 9.17) is 0 Å². The Bertz CT molecular complexity index is 800. The second-order valence-electron chi connectivity index (χ2n) is 5.01. The fraction of sp³-hybridized carbons (Fsp3) is 0.455. The van der Waals surface area contributed by atoms with E-state index in [-0.39, 0.29) is 5.56 Å². The van der Waals surface area contributed by atoms with Crippen LogP contribution in [0.25, 0.3) is 0 Å². The molecule has 0 saturated carbocycles. The minimum atomic E-state index is -4.47. The molecule has 1 N–H and O–H groups in total. The Balaban J connectivity index is 1.98. The third-order valence-corrected chi connectivity index (χ3v) is 4.77. The standard InChI is InChI=1S/C11H12F3N5O2S/c1-7-4-18(6-11(12,13)14)17-10(7)22(20,21)19-5-8-2-15-3-9(8)16-19/h4-5,15H,2-3,6H2,1H3. The van der Waals surface area contributed by atoms with Gasteiger partial charge in [0.2, 0.25) is 5.03 Å². The number of hydrogen-bond donors (Lipinski definition) is 1. The third kappa shape index (κ3) is 2.61. The van der Waals surface area contributed by atoms with E-state index in [1.165, 1.54) is 13.1 Å². The summed E-state index contributed by atoms with van der Waals surface area (Å²) in [6.07, 6.45) is -2.07. The Hall–Kier alpha value is -1.88. The van der Waals surface area contributed by atoms with Crippen LogP contribution in [0.5, 0.6) is 0 Å². The van der Waals surface area contributed by atoms with Crippen molar-refractivity contribution in [3.63, 3.8) is 0 Å². The first-order chi connectivity index (χ1) is 10.2. The topological polar surface area (TPSA) is 81.8 Å². The molecule has 1 aliphatic rings. The van der Waals surface area contributed by atoms with Crippen LogP contribution in [0.2, 0.25) is 0 Å². The molecule has 0 unspecified atom stereocenters. The average molecular weight is 335 g/mol. The Morgan fingerprint density at radius 2 is 2.00 bits per heavy atom. The summed E-state index contributed by atoms with van der Waals surface area (Å²) in [7, 11) is -4.10. The second kappa shape index (κ2) is 4.81. The molecular weight excluding hydrogens is 323 g/mol. The number of hydrogen-bond acceptors (Lipinski definition) is 5. The van der Waals surface area contributed by atoms with Crippen LogP contribution >= 0.6 is 0 Å². The molecule has 3 rings (SSSR count). The van der Waals surface area contributed by atoms with Gasteiger partial charge in [0.25, 0.3) is 0 Å². The molecule has 0 radical (unpaired) electrons. The van der Waals surface area contributed by atoms with E-state index in [9.17, 15) is 21.6 Å². The van der Waals surface area contributed by atoms with Crippen LogP contribution < -0.4 is 5.32 Å². The summed E-state index contributed by atoms with van der Waals surface area (Å²) < 4.78 is 63.4. The number of nitrogens with one attached hydrogen (secondary N) is 1. The van der Waals surface area contributed by atoms with Crippen molar-refractivity contribution in [3.8, 4) is 0 Å². The van der Waals surface area contributed by atoms with Crippen LogP contribution in [-0.4, -0.2) is 33.6 Å². The summed E-state index contributed by atoms with van der Waals surface area (Å²) >= 11 is 0. The number of halogens is 3. The first-order valence-corrected chi connectivity index (χ1v) is 7.75. The zero-order chi connectivity index (χ0) is 16.1. The molecule has 2 aromatic heterocycles. The number of alkyl halides is 3. The van der Waals surface area contributed by atoms with Crippen molar-refractivity contribution in [2.24, 2.45) is 0 Å². The van der Waals surface area contributed by atoms with Gasteiger partial charge in [0, 0.05) is 36.6 Å². The molecule has 0 aromatic carbocycles. The SMILES string of the molecule is Cc1cn(CC(F)(F)F)nc1S(=O)(=O)n1cc2c(n1)CNC2. The fourth-order valence-corrected chi connectivity index (χ4v) is 3.58. The molecule has 0 amide bonds. The zero-order valence-corrected chi connectivity index (χ0v) is 12.2. The van der Waals surface area contributed by atoms with Crippen molar-refractivity contribution >= 4 is 10.0 Å². The summed E-state index contributed by atoms with van der Waals surface area (Å²) in [5.41, 5.74) is 1.49. The summed E-state index contributed by atoms with van der Waals surface area (Å²) in [4.78, 5) is 0. The monoisotopic (exact) mass is 335 g/mol. The van der Waals surface area contributed by atoms with Gasteiger partial charge in [-0.15, -0.1) is 0 Å². The van der Waals surface area contributed by atoms with Crippen LogP contribution in [-0.2, 0) is 29.7 Å². The van der Waals surface area contributed by atoms with Crippen molar-refractivity contribution in [2.45, 2.75) is 37.8 Å². The molecule has 1 aliphatic heterocycles. The van der Waals surface area contributed by atoms with E-state index in [0.717, 1.165) is 15.8 Å². The van der Waals surface area contributed by atoms with Gasteiger partial charge in [-0.3, -0.25) is 4.68 Å². The van der Waals surface area contributed by atoms with Gasteiger partial charge in [0.15, 0.2) is 0 Å². The molecule has 120 valence electrons. The molecular formula is C11H12F3N5O2S. The number of nitrogens with zero attached hydrogens (tertiary/aromatic N) is 4. The maximum atomic E-state index is 12.5. The molecule has 11 heteroatoms. The third-order valence-electron chi connectivity index (χ3n) is 3.20. The van der Waals surface area contributed by atoms with Gasteiger partial charge in [-0.05, 0) is 6.92 Å². The van der Waals surface area contributed by atoms with E-state index in [1.807, 2.05) is 0 Å². The maximum Gasteiger partial charge on any atom is 0.408 e. The lowest BCUT2D eigenvalue weighted by atomic mass is 10.3. The Labute approximate surface area is 123 Å². The largest absolute Gasteiger partial charge is 0.408 e. The van der Waals surface area contributed by atoms with Gasteiger partial charge in [0.05, 0.1) is 5.69 Å². The highest BCUT2D eigenvalue weighted by Crippen LogP contribution is 2.22. The molecule has 0 saturated heterocycles. The van der Waals surface area contributed by atoms with Crippen molar-refractivity contribution in [1.82, 2.24) is 24.3 Å². The highest BCUT2D eigenvalue weighted by Gasteiger charge is 2.31. The lowest BCUT2D eigenvalue weighted by Crippen LogP contribution is -2.20. The molecule has 3 heterocycles. The van der Waals surface area contributed by atoms with Crippen molar-refractivity contribution in [3.05, 3.63) is 29.2 Å². The van der Waals surface area contributed by atoms with Crippen molar-refractivity contribution in [2.75, 3.05) is 0 Å². The lowest BCUT2D eigenvalue weighted by molar-refractivity contribution is -0.142. The van der Waals surface area contributed by atoms with E-state index >= 15 is 0 Å². The molecule has 0 atom stereocenters. The van der Waals surface area contributed by atoms with Gasteiger partial charge in [-0.1, -0.05) is 0 Å². The van der Waals surface area contributed by atoms with Crippen molar-refractivity contribution < 1.29 is 21.6 Å². The van der Waals surface area contributed by atoms with Crippen LogP contribution in [0.1, 0.15) is 16.8 Å². The van der Waals surface area contributed by atoms with Crippen molar-refractivity contribution in [1.29, 1.82) is 0 Å². The minimum Gasteiger partial charge on any atom is -0.307 e. The van der Waals surface area contributed by atoms with Crippen LogP contribution in [0.3, 0.4) is 0 Å². The number of rotatable bonds is 3. The molecule has 7 nitrogen and oxygen atoms in total. The Morgan fingerprint density at radius 3 is 2.64 bits per heavy atom. The molecule has 0 spiro atoms. The molecule has 0 bridgehead atoms. The average Bonchev–Trinajstić information content (AvgIpc) is 3.00. The highest BCUT2D eigenvalue weighted by atomic mass is 32.2. The van der Waals surface area contributed by atoms with E-state index in [2.05, 4.69) is 15.5 Å². The van der Waals surface area contributed by atoms with Gasteiger partial charge >= 0.3 is 16.2 Å². The first-order valence-electron chi connectivity index (χ1n) is 6.31. The molecule has 2 aromatic rings. The maximum absolute atomic E-state index is 12.5. The molecule has 0 fully saturated rings. The predicted octanol–water partition coefficient (Wildman–Crippen LogP) is 0.791. The van der Waals surface area contributed by atoms with E-state index in [0.29, 0.717) is 23.5 Å². The van der Waals surface area contributed by atoms with Gasteiger partial charge in [0.1, 0.15) is 6.54 Å². The quantitative estimate of drug-likeness (QED) is 0.897. The zero-order valence-electron chi connectivity index (χ0n) is 11.4. The number of aryl methyl sites for hydroxylation is 1. The minimum absolute atomic E-state index is 0.137. The summed E-state index contributed by atoms with van der Waals surface area (Å²) in [6.45, 7) is 1.01. The smallest absolute Gasteiger partial charge is 0.307 e. The Morgan fingerprint density at radius 1 is 1.27 bits per heavy atom. The normalized spacial score (nSPS) is 15.3. The van der Waals surface area contributed by atoms with Gasteiger partial charge < -0.3 is 5.32 Å².